The van der Waals surface area contributed by atoms with Gasteiger partial charge in [-0.25, -0.2) is 0 Å². The van der Waals surface area contributed by atoms with Crippen LogP contribution >= 0.6 is 33.3 Å². The summed E-state index contributed by atoms with van der Waals surface area (Å²) in [5, 5.41) is 0.142. The number of carbonyl (C=O) groups is 1. The van der Waals surface area contributed by atoms with Crippen molar-refractivity contribution in [1.29, 1.82) is 0 Å². The zero-order chi connectivity index (χ0) is 18.5. The lowest BCUT2D eigenvalue weighted by Gasteiger charge is -2.43. The Morgan fingerprint density at radius 2 is 1.88 bits per heavy atom. The number of thioether (sulfide) groups is 1. The van der Waals surface area contributed by atoms with Crippen molar-refractivity contribution in [2.45, 2.75) is 30.9 Å². The molecule has 1 unspecified atom stereocenters. The highest BCUT2D eigenvalue weighted by Crippen LogP contribution is 2.62. The molecule has 26 heavy (non-hydrogen) atoms. The van der Waals surface area contributed by atoms with Crippen molar-refractivity contribution in [3.05, 3.63) is 70.1 Å². The summed E-state index contributed by atoms with van der Waals surface area (Å²) in [5.74, 6) is 0. The van der Waals surface area contributed by atoms with Gasteiger partial charge in [0.2, 0.25) is 5.12 Å². The minimum Gasteiger partial charge on any atom is -0.364 e. The molecule has 2 aliphatic rings. The minimum absolute atomic E-state index is 0.0691. The van der Waals surface area contributed by atoms with Crippen LogP contribution in [0.5, 0.6) is 0 Å². The number of hydrogen-bond acceptors (Lipinski definition) is 5. The number of likely N-dealkylation sites (N-methyl/N-ethyl adjacent to an activating group) is 1. The average molecular weight is 400 g/mol. The molecule has 0 spiro atoms. The second-order valence-corrected chi connectivity index (χ2v) is 10.9. The van der Waals surface area contributed by atoms with Crippen LogP contribution < -0.4 is 4.90 Å². The fourth-order valence-corrected chi connectivity index (χ4v) is 8.41. The molecule has 0 aliphatic carbocycles. The Bertz CT molecular complexity index is 905. The Labute approximate surface area is 167 Å². The van der Waals surface area contributed by atoms with Crippen LogP contribution in [0.25, 0.3) is 5.57 Å². The Morgan fingerprint density at radius 3 is 2.62 bits per heavy atom. The summed E-state index contributed by atoms with van der Waals surface area (Å²) in [6.45, 7) is 6.67. The fourth-order valence-electron chi connectivity index (χ4n) is 3.40. The predicted molar refractivity (Wildman–Crippen MR) is 118 cm³/mol. The summed E-state index contributed by atoms with van der Waals surface area (Å²) in [7, 11) is 5.80. The van der Waals surface area contributed by atoms with Crippen LogP contribution in [0.1, 0.15) is 35.3 Å². The molecule has 0 radical (unpaired) electrons. The van der Waals surface area contributed by atoms with Gasteiger partial charge in [0.05, 0.1) is 10.1 Å². The van der Waals surface area contributed by atoms with Crippen LogP contribution in [0.4, 0.5) is 5.69 Å². The van der Waals surface area contributed by atoms with Gasteiger partial charge in [0, 0.05) is 28.8 Å². The summed E-state index contributed by atoms with van der Waals surface area (Å²) in [6, 6.07) is 16.2. The highest BCUT2D eigenvalue weighted by atomic mass is 33.1. The van der Waals surface area contributed by atoms with E-state index in [4.69, 9.17) is 0 Å². The van der Waals surface area contributed by atoms with Gasteiger partial charge in [-0.3, -0.25) is 4.79 Å². The number of rotatable bonds is 2. The van der Waals surface area contributed by atoms with Crippen molar-refractivity contribution in [3.63, 3.8) is 0 Å². The number of hydrogen-bond donors (Lipinski definition) is 0. The van der Waals surface area contributed by atoms with E-state index in [2.05, 4.69) is 50.9 Å². The van der Waals surface area contributed by atoms with Crippen molar-refractivity contribution in [1.82, 2.24) is 0 Å². The molecule has 2 heterocycles. The van der Waals surface area contributed by atoms with Crippen LogP contribution in [0.2, 0.25) is 0 Å². The van der Waals surface area contributed by atoms with Crippen LogP contribution in [-0.4, -0.2) is 22.3 Å². The molecule has 0 saturated carbocycles. The zero-order valence-corrected chi connectivity index (χ0v) is 17.7. The summed E-state index contributed by atoms with van der Waals surface area (Å²) in [4.78, 5) is 16.5. The van der Waals surface area contributed by atoms with Gasteiger partial charge in [-0.05, 0) is 38.5 Å². The Kier molecular flexibility index (Phi) is 4.66. The normalized spacial score (nSPS) is 20.8. The van der Waals surface area contributed by atoms with E-state index in [0.717, 1.165) is 5.56 Å². The number of benzene rings is 2. The van der Waals surface area contributed by atoms with Crippen LogP contribution in [0.15, 0.2) is 53.4 Å². The maximum atomic E-state index is 12.8. The largest absolute Gasteiger partial charge is 0.364 e. The number of nitrogens with zero attached hydrogens (tertiary/aromatic N) is 1. The molecule has 2 aliphatic heterocycles. The molecule has 134 valence electrons. The fraction of sp³-hybridized carbons (Fsp3) is 0.286. The quantitative estimate of drug-likeness (QED) is 0.556. The summed E-state index contributed by atoms with van der Waals surface area (Å²) >= 11 is 1.44. The third-order valence-corrected chi connectivity index (χ3v) is 9.72. The molecule has 0 fully saturated rings. The second kappa shape index (κ2) is 6.70. The molecule has 0 aromatic heterocycles. The topological polar surface area (TPSA) is 20.3 Å². The molecule has 1 atom stereocenters. The SMILES string of the molecule is Cc1ccc2c(c1)C1=C(SSC1SC(=O)c1ccccc1)C(C)(C)N2C. The Balaban J connectivity index is 1.75. The number of carbonyl (C=O) groups excluding carboxylic acids is 1. The lowest BCUT2D eigenvalue weighted by Crippen LogP contribution is -2.45. The van der Waals surface area contributed by atoms with E-state index in [-0.39, 0.29) is 15.2 Å². The van der Waals surface area contributed by atoms with Crippen LogP contribution in [0.3, 0.4) is 0 Å². The van der Waals surface area contributed by atoms with Crippen molar-refractivity contribution >= 4 is 49.7 Å². The molecular weight excluding hydrogens is 378 g/mol. The van der Waals surface area contributed by atoms with Gasteiger partial charge in [-0.1, -0.05) is 75.3 Å². The summed E-state index contributed by atoms with van der Waals surface area (Å²) < 4.78 is 0.122. The van der Waals surface area contributed by atoms with Crippen molar-refractivity contribution in [2.24, 2.45) is 0 Å². The molecule has 5 heteroatoms. The molecule has 4 rings (SSSR count). The van der Waals surface area contributed by atoms with E-state index in [1.54, 1.807) is 10.8 Å². The van der Waals surface area contributed by atoms with E-state index in [0.29, 0.717) is 0 Å². The Morgan fingerprint density at radius 1 is 1.15 bits per heavy atom. The number of anilines is 1. The maximum absolute atomic E-state index is 12.8. The van der Waals surface area contributed by atoms with Gasteiger partial charge in [0.15, 0.2) is 0 Å². The molecule has 0 amide bonds. The summed E-state index contributed by atoms with van der Waals surface area (Å²) in [5.41, 5.74) is 5.81. The van der Waals surface area contributed by atoms with Crippen molar-refractivity contribution < 1.29 is 4.79 Å². The zero-order valence-electron chi connectivity index (χ0n) is 15.3. The van der Waals surface area contributed by atoms with Gasteiger partial charge in [0.25, 0.3) is 0 Å². The predicted octanol–water partition coefficient (Wildman–Crippen LogP) is 6.23. The first-order chi connectivity index (χ1) is 12.4. The summed E-state index contributed by atoms with van der Waals surface area (Å²) in [6.07, 6.45) is 0. The van der Waals surface area contributed by atoms with Gasteiger partial charge in [-0.15, -0.1) is 0 Å². The first-order valence-electron chi connectivity index (χ1n) is 8.58. The van der Waals surface area contributed by atoms with Crippen LogP contribution in [-0.2, 0) is 0 Å². The maximum Gasteiger partial charge on any atom is 0.220 e. The number of aryl methyl sites for hydroxylation is 1. The van der Waals surface area contributed by atoms with Gasteiger partial charge in [0.1, 0.15) is 0 Å². The smallest absolute Gasteiger partial charge is 0.220 e. The van der Waals surface area contributed by atoms with E-state index in [9.17, 15) is 4.79 Å². The number of fused-ring (bicyclic) bond motifs is 2. The second-order valence-electron chi connectivity index (χ2n) is 7.16. The van der Waals surface area contributed by atoms with Crippen molar-refractivity contribution in [3.8, 4) is 0 Å². The molecule has 0 saturated heterocycles. The first-order valence-corrected chi connectivity index (χ1v) is 11.7. The molecular formula is C21H21NOS3. The minimum atomic E-state index is -0.0691. The molecule has 2 nitrogen and oxygen atoms in total. The Hall–Kier alpha value is -1.30. The average Bonchev–Trinajstić information content (AvgIpc) is 3.05. The molecule has 0 N–H and O–H groups in total. The highest BCUT2D eigenvalue weighted by Gasteiger charge is 2.44. The highest BCUT2D eigenvalue weighted by molar-refractivity contribution is 8.80. The van der Waals surface area contributed by atoms with E-state index in [1.165, 1.54) is 39.1 Å². The molecule has 0 bridgehead atoms. The van der Waals surface area contributed by atoms with E-state index < -0.39 is 0 Å². The monoisotopic (exact) mass is 399 g/mol. The first kappa shape index (κ1) is 18.1. The van der Waals surface area contributed by atoms with E-state index >= 15 is 0 Å². The van der Waals surface area contributed by atoms with Gasteiger partial charge >= 0.3 is 0 Å². The van der Waals surface area contributed by atoms with Gasteiger partial charge < -0.3 is 4.90 Å². The van der Waals surface area contributed by atoms with Crippen molar-refractivity contribution in [2.75, 3.05) is 11.9 Å². The molecule has 2 aromatic rings. The van der Waals surface area contributed by atoms with Crippen LogP contribution in [0, 0.1) is 6.92 Å². The van der Waals surface area contributed by atoms with Gasteiger partial charge in [-0.2, -0.15) is 0 Å². The third-order valence-electron chi connectivity index (χ3n) is 5.12. The standard InChI is InChI=1S/C21H21NOS3/c1-13-10-11-16-15(12-13)17-18(21(2,3)22(16)4)25-26-20(17)24-19(23)14-8-6-5-7-9-14/h5-12,20H,1-4H3. The molecule has 2 aromatic carbocycles. The van der Waals surface area contributed by atoms with E-state index in [1.807, 2.05) is 41.1 Å². The lowest BCUT2D eigenvalue weighted by molar-refractivity contribution is 0.108. The third kappa shape index (κ3) is 2.90. The lowest BCUT2D eigenvalue weighted by atomic mass is 9.88.